The first-order valence-corrected chi connectivity index (χ1v) is 5.78. The molecule has 0 atom stereocenters. The Balaban J connectivity index is 4.72. The lowest BCUT2D eigenvalue weighted by molar-refractivity contribution is 0.221. The number of carbonyl (C=O) groups is 1. The molecule has 0 radical (unpaired) electrons. The van der Waals surface area contributed by atoms with Gasteiger partial charge in [-0.2, -0.15) is 0 Å². The van der Waals surface area contributed by atoms with Gasteiger partial charge in [-0.05, 0) is 28.2 Å². The maximum Gasteiger partial charge on any atom is 0.324 e. The molecule has 0 unspecified atom stereocenters. The molecular weight excluding hydrogens is 203 g/mol. The monoisotopic (exact) mass is 222 g/mol. The fourth-order valence-electron chi connectivity index (χ4n) is 0.782. The molecule has 7 heteroatoms. The summed E-state index contributed by atoms with van der Waals surface area (Å²) in [6.07, 6.45) is 0. The van der Waals surface area contributed by atoms with Gasteiger partial charge in [0.2, 0.25) is 0 Å². The summed E-state index contributed by atoms with van der Waals surface area (Å²) in [6, 6.07) is -0.365. The molecule has 0 aliphatic heterocycles. The molecule has 0 aromatic carbocycles. The van der Waals surface area contributed by atoms with E-state index >= 15 is 0 Å². The number of amides is 2. The number of hydrogen-bond donors (Lipinski definition) is 1. The third-order valence-electron chi connectivity index (χ3n) is 1.73. The van der Waals surface area contributed by atoms with E-state index < -0.39 is 7.59 Å². The normalized spacial score (nSPS) is 12.0. The lowest BCUT2D eigenvalue weighted by atomic mass is 10.9. The van der Waals surface area contributed by atoms with Gasteiger partial charge < -0.3 is 4.90 Å². The summed E-state index contributed by atoms with van der Waals surface area (Å²) in [6.45, 7) is 0. The number of hydrogen-bond acceptors (Lipinski definition) is 2. The van der Waals surface area contributed by atoms with Crippen LogP contribution in [-0.2, 0) is 4.57 Å². The van der Waals surface area contributed by atoms with Gasteiger partial charge in [-0.1, -0.05) is 0 Å². The van der Waals surface area contributed by atoms with Crippen molar-refractivity contribution in [2.75, 3.05) is 42.3 Å². The minimum absolute atomic E-state index is 0.365. The van der Waals surface area contributed by atoms with Crippen LogP contribution in [0.1, 0.15) is 0 Å². The fraction of sp³-hybridized carbons (Fsp3) is 0.857. The molecule has 0 aromatic rings. The molecule has 6 nitrogen and oxygen atoms in total. The lowest BCUT2D eigenvalue weighted by Crippen LogP contribution is -2.39. The third-order valence-corrected chi connectivity index (χ3v) is 4.38. The highest BCUT2D eigenvalue weighted by atomic mass is 31.2. The predicted molar refractivity (Wildman–Crippen MR) is 57.2 cm³/mol. The first-order valence-electron chi connectivity index (χ1n) is 4.17. The van der Waals surface area contributed by atoms with Crippen LogP contribution >= 0.6 is 7.59 Å². The Morgan fingerprint density at radius 1 is 1.00 bits per heavy atom. The van der Waals surface area contributed by atoms with E-state index in [1.165, 1.54) is 14.2 Å². The molecule has 0 saturated carbocycles. The third kappa shape index (κ3) is 2.97. The van der Waals surface area contributed by atoms with Gasteiger partial charge >= 0.3 is 13.6 Å². The van der Waals surface area contributed by atoms with Crippen LogP contribution in [0, 0.1) is 0 Å². The maximum atomic E-state index is 12.2. The Morgan fingerprint density at radius 3 is 1.57 bits per heavy atom. The van der Waals surface area contributed by atoms with Crippen LogP contribution in [0.2, 0.25) is 0 Å². The van der Waals surface area contributed by atoms with Gasteiger partial charge in [0, 0.05) is 14.1 Å². The molecule has 0 heterocycles. The first-order chi connectivity index (χ1) is 6.21. The molecule has 84 valence electrons. The van der Waals surface area contributed by atoms with Crippen molar-refractivity contribution < 1.29 is 9.36 Å². The van der Waals surface area contributed by atoms with E-state index in [0.29, 0.717) is 0 Å². The largest absolute Gasteiger partial charge is 0.331 e. The van der Waals surface area contributed by atoms with E-state index in [9.17, 15) is 9.36 Å². The summed E-state index contributed by atoms with van der Waals surface area (Å²) in [7, 11) is 6.91. The second-order valence-electron chi connectivity index (χ2n) is 3.55. The number of carbonyl (C=O) groups excluding carboxylic acids is 1. The van der Waals surface area contributed by atoms with Crippen molar-refractivity contribution in [1.29, 1.82) is 0 Å². The van der Waals surface area contributed by atoms with E-state index in [-0.39, 0.29) is 6.03 Å². The summed E-state index contributed by atoms with van der Waals surface area (Å²) in [5.74, 6) is 0. The van der Waals surface area contributed by atoms with Gasteiger partial charge in [-0.15, -0.1) is 0 Å². The van der Waals surface area contributed by atoms with Crippen LogP contribution in [0.4, 0.5) is 4.79 Å². The molecule has 0 aromatic heterocycles. The quantitative estimate of drug-likeness (QED) is 0.706. The number of nitrogens with zero attached hydrogens (tertiary/aromatic N) is 3. The zero-order valence-corrected chi connectivity index (χ0v) is 10.5. The molecule has 1 N–H and O–H groups in total. The second kappa shape index (κ2) is 4.77. The van der Waals surface area contributed by atoms with Gasteiger partial charge in [-0.3, -0.25) is 9.65 Å². The molecular formula is C7H19N4O2P. The van der Waals surface area contributed by atoms with Crippen LogP contribution in [0.25, 0.3) is 0 Å². The van der Waals surface area contributed by atoms with Crippen molar-refractivity contribution in [3.8, 4) is 0 Å². The van der Waals surface area contributed by atoms with E-state index in [1.54, 1.807) is 42.3 Å². The second-order valence-corrected chi connectivity index (χ2v) is 6.46. The van der Waals surface area contributed by atoms with E-state index in [4.69, 9.17) is 0 Å². The minimum Gasteiger partial charge on any atom is -0.331 e. The Hall–Kier alpha value is -0.580. The SMILES string of the molecule is CN(C)C(=O)NP(=O)(N(C)C)N(C)C. The van der Waals surface area contributed by atoms with Crippen molar-refractivity contribution in [2.45, 2.75) is 0 Å². The van der Waals surface area contributed by atoms with Crippen LogP contribution in [0.3, 0.4) is 0 Å². The van der Waals surface area contributed by atoms with E-state index in [1.807, 2.05) is 0 Å². The first kappa shape index (κ1) is 13.4. The Bertz CT molecular complexity index is 240. The van der Waals surface area contributed by atoms with Crippen molar-refractivity contribution in [3.05, 3.63) is 0 Å². The van der Waals surface area contributed by atoms with Gasteiger partial charge in [0.05, 0.1) is 0 Å². The van der Waals surface area contributed by atoms with Crippen LogP contribution in [0.5, 0.6) is 0 Å². The summed E-state index contributed by atoms with van der Waals surface area (Å²) in [5, 5.41) is 2.49. The smallest absolute Gasteiger partial charge is 0.324 e. The molecule has 0 aliphatic rings. The number of rotatable bonds is 3. The summed E-state index contributed by atoms with van der Waals surface area (Å²) < 4.78 is 15.2. The molecule has 0 rings (SSSR count). The average molecular weight is 222 g/mol. The predicted octanol–water partition coefficient (Wildman–Crippen LogP) is 0.489. The average Bonchev–Trinajstić information content (AvgIpc) is 2.02. The van der Waals surface area contributed by atoms with Gasteiger partial charge in [0.15, 0.2) is 0 Å². The van der Waals surface area contributed by atoms with Gasteiger partial charge in [0.25, 0.3) is 0 Å². The highest BCUT2D eigenvalue weighted by Gasteiger charge is 2.30. The van der Waals surface area contributed by atoms with Crippen molar-refractivity contribution in [1.82, 2.24) is 19.3 Å². The molecule has 2 amide bonds. The van der Waals surface area contributed by atoms with Crippen molar-refractivity contribution in [3.63, 3.8) is 0 Å². The van der Waals surface area contributed by atoms with E-state index in [2.05, 4.69) is 5.09 Å². The van der Waals surface area contributed by atoms with Crippen LogP contribution < -0.4 is 5.09 Å². The summed E-state index contributed by atoms with van der Waals surface area (Å²) in [5.41, 5.74) is 0. The Kier molecular flexibility index (Phi) is 4.58. The molecule has 0 aliphatic carbocycles. The zero-order valence-electron chi connectivity index (χ0n) is 9.61. The Labute approximate surface area is 85.4 Å². The molecule has 0 fully saturated rings. The minimum atomic E-state index is -2.95. The van der Waals surface area contributed by atoms with Crippen LogP contribution in [0.15, 0.2) is 0 Å². The number of nitrogens with one attached hydrogen (secondary N) is 1. The standard InChI is InChI=1S/C7H19N4O2P/c1-9(2)7(12)8-14(13,10(3)4)11(5)6/h1-6H3,(H,8,12,13). The highest BCUT2D eigenvalue weighted by Crippen LogP contribution is 2.44. The van der Waals surface area contributed by atoms with Crippen LogP contribution in [-0.4, -0.2) is 62.6 Å². The van der Waals surface area contributed by atoms with Gasteiger partial charge in [0.1, 0.15) is 0 Å². The Morgan fingerprint density at radius 2 is 1.36 bits per heavy atom. The molecule has 14 heavy (non-hydrogen) atoms. The zero-order chi connectivity index (χ0) is 11.5. The van der Waals surface area contributed by atoms with E-state index in [0.717, 1.165) is 0 Å². The number of urea groups is 1. The lowest BCUT2D eigenvalue weighted by Gasteiger charge is -2.31. The van der Waals surface area contributed by atoms with Gasteiger partial charge in [-0.25, -0.2) is 14.1 Å². The summed E-state index contributed by atoms with van der Waals surface area (Å²) >= 11 is 0. The maximum absolute atomic E-state index is 12.2. The molecule has 0 saturated heterocycles. The van der Waals surface area contributed by atoms with Crippen molar-refractivity contribution >= 4 is 13.6 Å². The highest BCUT2D eigenvalue weighted by molar-refractivity contribution is 7.57. The fourth-order valence-corrected chi connectivity index (χ4v) is 2.35. The molecule has 0 spiro atoms. The summed E-state index contributed by atoms with van der Waals surface area (Å²) in [4.78, 5) is 12.7. The topological polar surface area (TPSA) is 55.9 Å². The molecule has 0 bridgehead atoms. The van der Waals surface area contributed by atoms with Crippen molar-refractivity contribution in [2.24, 2.45) is 0 Å².